The zero-order chi connectivity index (χ0) is 8.31. The summed E-state index contributed by atoms with van der Waals surface area (Å²) in [6, 6.07) is 0. The Kier molecular flexibility index (Phi) is 3.78. The van der Waals surface area contributed by atoms with Gasteiger partial charge in [0.2, 0.25) is 0 Å². The summed E-state index contributed by atoms with van der Waals surface area (Å²) in [7, 11) is 0. The van der Waals surface area contributed by atoms with Crippen LogP contribution in [0.2, 0.25) is 0 Å². The van der Waals surface area contributed by atoms with Crippen molar-refractivity contribution in [2.24, 2.45) is 0 Å². The number of hydrogen-bond acceptors (Lipinski definition) is 3. The van der Waals surface area contributed by atoms with Crippen LogP contribution in [0.15, 0.2) is 0 Å². The molecule has 0 unspecified atom stereocenters. The van der Waals surface area contributed by atoms with Crippen molar-refractivity contribution in [3.05, 3.63) is 0 Å². The Bertz CT molecular complexity index is 152. The third-order valence-corrected chi connectivity index (χ3v) is 7.09. The molecular weight excluding hydrogens is 239 g/mol. The quantitative estimate of drug-likeness (QED) is 0.653. The SMILES string of the molecule is C[C](=O)[Sn]([C](C)=O)[C](C)=O. The summed E-state index contributed by atoms with van der Waals surface area (Å²) >= 11 is -2.93. The predicted octanol–water partition coefficient (Wildman–Crippen LogP) is -0.134. The van der Waals surface area contributed by atoms with Crippen LogP contribution in [-0.2, 0) is 14.4 Å². The Morgan fingerprint density at radius 1 is 0.800 bits per heavy atom. The fraction of sp³-hybridized carbons (Fsp3) is 0.500. The Labute approximate surface area is 66.5 Å². The van der Waals surface area contributed by atoms with Gasteiger partial charge < -0.3 is 0 Å². The molecule has 0 aliphatic rings. The van der Waals surface area contributed by atoms with Crippen LogP contribution in [0.3, 0.4) is 0 Å². The standard InChI is InChI=1S/3C2H3O.Sn/c3*1-2-3;/h3*1H3;. The van der Waals surface area contributed by atoms with Gasteiger partial charge in [0.05, 0.1) is 0 Å². The van der Waals surface area contributed by atoms with E-state index in [1.807, 2.05) is 0 Å². The van der Waals surface area contributed by atoms with Gasteiger partial charge in [0.25, 0.3) is 0 Å². The molecule has 0 aliphatic heterocycles. The normalized spacial score (nSPS) is 9.60. The van der Waals surface area contributed by atoms with Gasteiger partial charge in [0.1, 0.15) is 0 Å². The van der Waals surface area contributed by atoms with Crippen LogP contribution < -0.4 is 0 Å². The first-order valence-electron chi connectivity index (χ1n) is 2.86. The molecule has 10 heavy (non-hydrogen) atoms. The van der Waals surface area contributed by atoms with E-state index in [1.54, 1.807) is 0 Å². The summed E-state index contributed by atoms with van der Waals surface area (Å²) in [4.78, 5) is 32.0. The molecule has 0 aliphatic carbocycles. The third-order valence-electron chi connectivity index (χ3n) is 1.06. The van der Waals surface area contributed by atoms with E-state index < -0.39 is 19.8 Å². The van der Waals surface area contributed by atoms with Crippen molar-refractivity contribution >= 4 is 31.2 Å². The predicted molar refractivity (Wildman–Crippen MR) is 37.8 cm³/mol. The van der Waals surface area contributed by atoms with Crippen LogP contribution in [0, 0.1) is 0 Å². The molecule has 0 saturated carbocycles. The van der Waals surface area contributed by atoms with Gasteiger partial charge in [-0.2, -0.15) is 0 Å². The van der Waals surface area contributed by atoms with Crippen molar-refractivity contribution in [1.29, 1.82) is 0 Å². The second kappa shape index (κ2) is 3.85. The Hall–Kier alpha value is -0.191. The average molecular weight is 248 g/mol. The summed E-state index contributed by atoms with van der Waals surface area (Å²) in [5.74, 6) is 0. The van der Waals surface area contributed by atoms with Crippen LogP contribution in [0.25, 0.3) is 0 Å². The van der Waals surface area contributed by atoms with Gasteiger partial charge >= 0.3 is 66.3 Å². The third kappa shape index (κ3) is 2.60. The molecule has 0 saturated heterocycles. The number of rotatable bonds is 3. The molecular formula is C6H9O3Sn. The molecule has 3 nitrogen and oxygen atoms in total. The topological polar surface area (TPSA) is 51.2 Å². The van der Waals surface area contributed by atoms with Gasteiger partial charge in [-0.1, -0.05) is 0 Å². The zero-order valence-electron chi connectivity index (χ0n) is 6.22. The van der Waals surface area contributed by atoms with Gasteiger partial charge in [-0.05, 0) is 0 Å². The van der Waals surface area contributed by atoms with E-state index in [0.717, 1.165) is 0 Å². The van der Waals surface area contributed by atoms with Gasteiger partial charge in [-0.15, -0.1) is 0 Å². The summed E-state index contributed by atoms with van der Waals surface area (Å²) < 4.78 is -0.535. The van der Waals surface area contributed by atoms with Gasteiger partial charge in [-0.25, -0.2) is 0 Å². The molecule has 55 valence electrons. The Balaban J connectivity index is 4.43. The van der Waals surface area contributed by atoms with Crippen molar-refractivity contribution in [3.8, 4) is 0 Å². The van der Waals surface area contributed by atoms with Crippen molar-refractivity contribution in [1.82, 2.24) is 0 Å². The van der Waals surface area contributed by atoms with Crippen LogP contribution in [0.1, 0.15) is 20.8 Å². The molecule has 0 aromatic rings. The van der Waals surface area contributed by atoms with Gasteiger partial charge in [-0.3, -0.25) is 0 Å². The van der Waals surface area contributed by atoms with Crippen LogP contribution in [0.5, 0.6) is 0 Å². The summed E-state index contributed by atoms with van der Waals surface area (Å²) in [6.45, 7) is 3.99. The van der Waals surface area contributed by atoms with Gasteiger partial charge in [0.15, 0.2) is 0 Å². The zero-order valence-corrected chi connectivity index (χ0v) is 9.08. The molecule has 0 heterocycles. The van der Waals surface area contributed by atoms with Gasteiger partial charge in [0, 0.05) is 0 Å². The number of carbonyl (C=O) groups excluding carboxylic acids is 3. The summed E-state index contributed by atoms with van der Waals surface area (Å²) in [5.41, 5.74) is 0. The van der Waals surface area contributed by atoms with Crippen molar-refractivity contribution in [2.45, 2.75) is 20.8 Å². The number of hydrogen-bond donors (Lipinski definition) is 0. The molecule has 0 bridgehead atoms. The molecule has 0 spiro atoms. The first-order valence-corrected chi connectivity index (χ1v) is 7.14. The first kappa shape index (κ1) is 9.81. The van der Waals surface area contributed by atoms with E-state index >= 15 is 0 Å². The monoisotopic (exact) mass is 249 g/mol. The molecule has 4 heteroatoms. The van der Waals surface area contributed by atoms with Crippen LogP contribution >= 0.6 is 0 Å². The molecule has 0 fully saturated rings. The first-order chi connectivity index (χ1) is 4.46. The molecule has 0 amide bonds. The summed E-state index contributed by atoms with van der Waals surface area (Å²) in [6.07, 6.45) is 0. The van der Waals surface area contributed by atoms with E-state index in [2.05, 4.69) is 0 Å². The number of carbonyl (C=O) groups is 3. The molecule has 0 rings (SSSR count). The van der Waals surface area contributed by atoms with Crippen LogP contribution in [0.4, 0.5) is 0 Å². The minimum atomic E-state index is -2.93. The van der Waals surface area contributed by atoms with E-state index in [0.29, 0.717) is 0 Å². The molecule has 0 atom stereocenters. The Morgan fingerprint density at radius 3 is 1.00 bits per heavy atom. The fourth-order valence-corrected chi connectivity index (χ4v) is 4.99. The molecule has 0 aromatic heterocycles. The molecule has 1 radical (unpaired) electrons. The Morgan fingerprint density at radius 2 is 1.00 bits per heavy atom. The average Bonchev–Trinajstić information content (AvgIpc) is 1.59. The maximum atomic E-state index is 10.7. The van der Waals surface area contributed by atoms with E-state index in [9.17, 15) is 14.4 Å². The van der Waals surface area contributed by atoms with E-state index in [4.69, 9.17) is 0 Å². The molecule has 0 aromatic carbocycles. The van der Waals surface area contributed by atoms with E-state index in [-0.39, 0.29) is 11.4 Å². The van der Waals surface area contributed by atoms with Crippen molar-refractivity contribution < 1.29 is 14.4 Å². The molecule has 0 N–H and O–H groups in total. The fourth-order valence-electron chi connectivity index (χ4n) is 0.744. The second-order valence-corrected chi connectivity index (χ2v) is 10.2. The van der Waals surface area contributed by atoms with Crippen molar-refractivity contribution in [2.75, 3.05) is 0 Å². The maximum absolute atomic E-state index is 10.7. The van der Waals surface area contributed by atoms with Crippen LogP contribution in [-0.4, -0.2) is 31.2 Å². The minimum absolute atomic E-state index is 0.178. The second-order valence-electron chi connectivity index (χ2n) is 2.04. The van der Waals surface area contributed by atoms with E-state index in [1.165, 1.54) is 20.8 Å². The van der Waals surface area contributed by atoms with Crippen molar-refractivity contribution in [3.63, 3.8) is 0 Å². The summed E-state index contributed by atoms with van der Waals surface area (Å²) in [5, 5.41) is 0.